The Hall–Kier alpha value is -1.35. The first-order valence-corrected chi connectivity index (χ1v) is 7.23. The van der Waals surface area contributed by atoms with Gasteiger partial charge in [-0.3, -0.25) is 9.89 Å². The van der Waals surface area contributed by atoms with E-state index in [0.717, 1.165) is 9.39 Å². The number of aromatic amines is 1. The molecule has 1 amide bonds. The van der Waals surface area contributed by atoms with E-state index in [0.29, 0.717) is 29.3 Å². The molecule has 20 heavy (non-hydrogen) atoms. The molecule has 2 N–H and O–H groups in total. The SMILES string of the molecule is COc1cc(I)c(Cl)cc1C(=O)NCCc1ncn[nH]1. The lowest BCUT2D eigenvalue weighted by atomic mass is 10.2. The molecule has 6 nitrogen and oxygen atoms in total. The summed E-state index contributed by atoms with van der Waals surface area (Å²) in [7, 11) is 1.52. The molecule has 0 aliphatic carbocycles. The molecule has 0 aliphatic heterocycles. The van der Waals surface area contributed by atoms with Gasteiger partial charge in [0, 0.05) is 16.5 Å². The van der Waals surface area contributed by atoms with Crippen LogP contribution in [0.5, 0.6) is 5.75 Å². The van der Waals surface area contributed by atoms with Gasteiger partial charge >= 0.3 is 0 Å². The maximum absolute atomic E-state index is 12.1. The minimum absolute atomic E-state index is 0.236. The molecule has 0 unspecified atom stereocenters. The zero-order chi connectivity index (χ0) is 14.5. The van der Waals surface area contributed by atoms with Crippen molar-refractivity contribution in [2.45, 2.75) is 6.42 Å². The fraction of sp³-hybridized carbons (Fsp3) is 0.250. The van der Waals surface area contributed by atoms with Gasteiger partial charge in [0.2, 0.25) is 0 Å². The molecule has 0 bridgehead atoms. The van der Waals surface area contributed by atoms with Gasteiger partial charge in [-0.05, 0) is 34.7 Å². The standard InChI is InChI=1S/C12H12ClIN4O2/c1-20-10-5-9(14)8(13)4-7(10)12(19)15-3-2-11-16-6-17-18-11/h4-6H,2-3H2,1H3,(H,15,19)(H,16,17,18). The summed E-state index contributed by atoms with van der Waals surface area (Å²) in [4.78, 5) is 16.1. The highest BCUT2D eigenvalue weighted by Crippen LogP contribution is 2.28. The Morgan fingerprint density at radius 1 is 1.55 bits per heavy atom. The maximum atomic E-state index is 12.1. The minimum atomic E-state index is -0.236. The van der Waals surface area contributed by atoms with Crippen molar-refractivity contribution in [1.82, 2.24) is 20.5 Å². The van der Waals surface area contributed by atoms with E-state index in [2.05, 4.69) is 43.1 Å². The molecule has 0 spiro atoms. The van der Waals surface area contributed by atoms with Crippen molar-refractivity contribution in [3.05, 3.63) is 38.4 Å². The number of rotatable bonds is 5. The number of H-pyrrole nitrogens is 1. The number of ether oxygens (including phenoxy) is 1. The second-order valence-electron chi connectivity index (χ2n) is 3.90. The number of benzene rings is 1. The van der Waals surface area contributed by atoms with Crippen LogP contribution in [0.25, 0.3) is 0 Å². The summed E-state index contributed by atoms with van der Waals surface area (Å²) < 4.78 is 6.03. The first-order valence-electron chi connectivity index (χ1n) is 5.77. The maximum Gasteiger partial charge on any atom is 0.255 e. The molecule has 0 saturated carbocycles. The van der Waals surface area contributed by atoms with Crippen LogP contribution < -0.4 is 10.1 Å². The van der Waals surface area contributed by atoms with Gasteiger partial charge in [0.1, 0.15) is 17.9 Å². The molecule has 2 rings (SSSR count). The minimum Gasteiger partial charge on any atom is -0.496 e. The summed E-state index contributed by atoms with van der Waals surface area (Å²) in [5.41, 5.74) is 0.412. The highest BCUT2D eigenvalue weighted by molar-refractivity contribution is 14.1. The largest absolute Gasteiger partial charge is 0.496 e. The summed E-state index contributed by atoms with van der Waals surface area (Å²) in [5, 5.41) is 9.78. The molecule has 1 heterocycles. The molecular weight excluding hydrogens is 395 g/mol. The number of hydrogen-bond acceptors (Lipinski definition) is 4. The second-order valence-corrected chi connectivity index (χ2v) is 5.47. The van der Waals surface area contributed by atoms with Crippen LogP contribution in [0.4, 0.5) is 0 Å². The van der Waals surface area contributed by atoms with E-state index in [1.54, 1.807) is 12.1 Å². The number of halogens is 2. The Balaban J connectivity index is 2.03. The Morgan fingerprint density at radius 3 is 3.00 bits per heavy atom. The quantitative estimate of drug-likeness (QED) is 0.745. The summed E-state index contributed by atoms with van der Waals surface area (Å²) in [6.45, 7) is 0.445. The summed E-state index contributed by atoms with van der Waals surface area (Å²) in [6, 6.07) is 3.33. The van der Waals surface area contributed by atoms with E-state index in [-0.39, 0.29) is 5.91 Å². The van der Waals surface area contributed by atoms with Gasteiger partial charge in [-0.2, -0.15) is 5.10 Å². The van der Waals surface area contributed by atoms with Crippen molar-refractivity contribution in [3.8, 4) is 5.75 Å². The Bertz CT molecular complexity index is 604. The van der Waals surface area contributed by atoms with Crippen molar-refractivity contribution < 1.29 is 9.53 Å². The predicted octanol–water partition coefficient (Wildman–Crippen LogP) is 2.04. The fourth-order valence-corrected chi connectivity index (χ4v) is 2.22. The van der Waals surface area contributed by atoms with Gasteiger partial charge in [-0.15, -0.1) is 0 Å². The Kier molecular flexibility index (Phi) is 5.18. The zero-order valence-electron chi connectivity index (χ0n) is 10.6. The van der Waals surface area contributed by atoms with Crippen molar-refractivity contribution in [2.75, 3.05) is 13.7 Å². The van der Waals surface area contributed by atoms with Crippen molar-refractivity contribution in [2.24, 2.45) is 0 Å². The highest BCUT2D eigenvalue weighted by Gasteiger charge is 2.14. The number of carbonyl (C=O) groups is 1. The third-order valence-corrected chi connectivity index (χ3v) is 4.12. The lowest BCUT2D eigenvalue weighted by Crippen LogP contribution is -2.26. The van der Waals surface area contributed by atoms with Crippen LogP contribution >= 0.6 is 34.2 Å². The van der Waals surface area contributed by atoms with Gasteiger partial charge in [0.05, 0.1) is 17.7 Å². The molecule has 2 aromatic rings. The van der Waals surface area contributed by atoms with Crippen LogP contribution in [-0.4, -0.2) is 34.7 Å². The third-order valence-electron chi connectivity index (χ3n) is 2.60. The smallest absolute Gasteiger partial charge is 0.255 e. The van der Waals surface area contributed by atoms with E-state index in [9.17, 15) is 4.79 Å². The van der Waals surface area contributed by atoms with Gasteiger partial charge in [0.15, 0.2) is 0 Å². The second kappa shape index (κ2) is 6.89. The van der Waals surface area contributed by atoms with E-state index >= 15 is 0 Å². The van der Waals surface area contributed by atoms with Gasteiger partial charge < -0.3 is 10.1 Å². The number of nitrogens with zero attached hydrogens (tertiary/aromatic N) is 2. The third kappa shape index (κ3) is 3.60. The molecule has 8 heteroatoms. The van der Waals surface area contributed by atoms with Crippen LogP contribution in [0.3, 0.4) is 0 Å². The monoisotopic (exact) mass is 406 g/mol. The molecule has 1 aromatic carbocycles. The molecule has 0 fully saturated rings. The number of methoxy groups -OCH3 is 1. The van der Waals surface area contributed by atoms with E-state index in [4.69, 9.17) is 16.3 Å². The van der Waals surface area contributed by atoms with E-state index in [1.165, 1.54) is 13.4 Å². The molecule has 0 atom stereocenters. The molecule has 0 radical (unpaired) electrons. The van der Waals surface area contributed by atoms with Crippen LogP contribution in [-0.2, 0) is 6.42 Å². The molecule has 0 aliphatic rings. The van der Waals surface area contributed by atoms with Crippen LogP contribution in [0, 0.1) is 3.57 Å². The molecule has 1 aromatic heterocycles. The number of aromatic nitrogens is 3. The zero-order valence-corrected chi connectivity index (χ0v) is 13.5. The number of hydrogen-bond donors (Lipinski definition) is 2. The van der Waals surface area contributed by atoms with Crippen LogP contribution in [0.1, 0.15) is 16.2 Å². The average Bonchev–Trinajstić information content (AvgIpc) is 2.94. The number of carbonyl (C=O) groups excluding carboxylic acids is 1. The van der Waals surface area contributed by atoms with Crippen molar-refractivity contribution >= 4 is 40.1 Å². The number of amides is 1. The van der Waals surface area contributed by atoms with Gasteiger partial charge in [-0.25, -0.2) is 4.98 Å². The van der Waals surface area contributed by atoms with Crippen molar-refractivity contribution in [1.29, 1.82) is 0 Å². The lowest BCUT2D eigenvalue weighted by molar-refractivity contribution is 0.0951. The van der Waals surface area contributed by atoms with Crippen molar-refractivity contribution in [3.63, 3.8) is 0 Å². The van der Waals surface area contributed by atoms with E-state index in [1.807, 2.05) is 0 Å². The summed E-state index contributed by atoms with van der Waals surface area (Å²) in [6.07, 6.45) is 2.01. The molecule has 106 valence electrons. The summed E-state index contributed by atoms with van der Waals surface area (Å²) in [5.74, 6) is 0.980. The fourth-order valence-electron chi connectivity index (χ4n) is 1.62. The Labute approximate surface area is 134 Å². The molecule has 0 saturated heterocycles. The highest BCUT2D eigenvalue weighted by atomic mass is 127. The Morgan fingerprint density at radius 2 is 2.35 bits per heavy atom. The first kappa shape index (κ1) is 15.0. The number of nitrogens with one attached hydrogen (secondary N) is 2. The molecular formula is C12H12ClIN4O2. The van der Waals surface area contributed by atoms with Crippen LogP contribution in [0.2, 0.25) is 5.02 Å². The lowest BCUT2D eigenvalue weighted by Gasteiger charge is -2.10. The van der Waals surface area contributed by atoms with Crippen LogP contribution in [0.15, 0.2) is 18.5 Å². The predicted molar refractivity (Wildman–Crippen MR) is 83.1 cm³/mol. The summed E-state index contributed by atoms with van der Waals surface area (Å²) >= 11 is 8.12. The van der Waals surface area contributed by atoms with Gasteiger partial charge in [0.25, 0.3) is 5.91 Å². The average molecular weight is 407 g/mol. The van der Waals surface area contributed by atoms with Gasteiger partial charge in [-0.1, -0.05) is 11.6 Å². The van der Waals surface area contributed by atoms with E-state index < -0.39 is 0 Å². The normalized spacial score (nSPS) is 10.3. The topological polar surface area (TPSA) is 79.9 Å². The first-order chi connectivity index (χ1) is 9.61.